The van der Waals surface area contributed by atoms with Gasteiger partial charge in [-0.05, 0) is 12.8 Å². The van der Waals surface area contributed by atoms with Gasteiger partial charge < -0.3 is 30.6 Å². The first-order chi connectivity index (χ1) is 9.90. The molecule has 0 fully saturated rings. The third kappa shape index (κ3) is 12.3. The van der Waals surface area contributed by atoms with E-state index in [2.05, 4.69) is 28.5 Å². The van der Waals surface area contributed by atoms with Crippen LogP contribution in [0.3, 0.4) is 0 Å². The number of hydrogen-bond donors (Lipinski definition) is 6. The van der Waals surface area contributed by atoms with Crippen LogP contribution in [0.5, 0.6) is 0 Å². The standard InChI is InChI=1S/2C6H14O3.2BrH.Ni/c2*1-2-6(3-7,4-8)5-9;;;/h2*7-9H,2-5H2,1H3;2*1H;/q;;;;+2/p-2. The minimum absolute atomic E-state index is 0.156. The van der Waals surface area contributed by atoms with E-state index in [4.69, 9.17) is 30.6 Å². The van der Waals surface area contributed by atoms with E-state index in [1.54, 1.807) is 0 Å². The molecule has 9 heteroatoms. The van der Waals surface area contributed by atoms with Crippen molar-refractivity contribution >= 4 is 28.5 Å². The second-order valence-electron chi connectivity index (χ2n) is 4.70. The maximum atomic E-state index is 8.66. The zero-order chi connectivity index (χ0) is 17.4. The van der Waals surface area contributed by atoms with Crippen molar-refractivity contribution in [2.24, 2.45) is 10.8 Å². The van der Waals surface area contributed by atoms with E-state index in [1.807, 2.05) is 13.8 Å². The Morgan fingerprint density at radius 3 is 0.762 bits per heavy atom. The number of rotatable bonds is 8. The van der Waals surface area contributed by atoms with Gasteiger partial charge in [0.25, 0.3) is 0 Å². The van der Waals surface area contributed by atoms with Crippen molar-refractivity contribution in [1.82, 2.24) is 0 Å². The molecule has 0 aromatic rings. The van der Waals surface area contributed by atoms with Gasteiger partial charge in [-0.15, -0.1) is 0 Å². The molecule has 0 spiro atoms. The third-order valence-corrected chi connectivity index (χ3v) is 3.51. The zero-order valence-corrected chi connectivity index (χ0v) is 16.6. The predicted molar refractivity (Wildman–Crippen MR) is 85.8 cm³/mol. The number of hydrogen-bond acceptors (Lipinski definition) is 6. The van der Waals surface area contributed by atoms with Gasteiger partial charge in [-0.25, -0.2) is 0 Å². The van der Waals surface area contributed by atoms with Gasteiger partial charge in [0.1, 0.15) is 0 Å². The summed E-state index contributed by atoms with van der Waals surface area (Å²) in [5.41, 5.74) is -1.33. The second-order valence-corrected chi connectivity index (χ2v) is 9.68. The molecule has 0 aromatic heterocycles. The molecule has 0 aliphatic rings. The molecule has 0 rings (SSSR count). The van der Waals surface area contributed by atoms with Crippen molar-refractivity contribution in [3.8, 4) is 0 Å². The Labute approximate surface area is 146 Å². The molecule has 0 unspecified atom stereocenters. The first-order valence-corrected chi connectivity index (χ1v) is 11.3. The Kier molecular flexibility index (Phi) is 22.7. The van der Waals surface area contributed by atoms with Gasteiger partial charge in [-0.2, -0.15) is 0 Å². The van der Waals surface area contributed by atoms with Crippen LogP contribution in [0.2, 0.25) is 0 Å². The summed E-state index contributed by atoms with van der Waals surface area (Å²) in [5, 5.41) is 51.9. The van der Waals surface area contributed by atoms with Crippen LogP contribution in [0, 0.1) is 10.8 Å². The van der Waals surface area contributed by atoms with Crippen LogP contribution in [0.4, 0.5) is 0 Å². The fourth-order valence-electron chi connectivity index (χ4n) is 0.971. The topological polar surface area (TPSA) is 121 Å². The summed E-state index contributed by atoms with van der Waals surface area (Å²) >= 11 is 6.00. The van der Waals surface area contributed by atoms with Crippen molar-refractivity contribution in [3.05, 3.63) is 0 Å². The molecule has 6 nitrogen and oxygen atoms in total. The molecule has 21 heavy (non-hydrogen) atoms. The van der Waals surface area contributed by atoms with Gasteiger partial charge in [0, 0.05) is 10.8 Å². The Morgan fingerprint density at radius 2 is 0.762 bits per heavy atom. The molecule has 0 aliphatic carbocycles. The van der Waals surface area contributed by atoms with Crippen LogP contribution in [-0.4, -0.2) is 70.3 Å². The average molecular weight is 487 g/mol. The van der Waals surface area contributed by atoms with Crippen LogP contribution in [-0.2, 0) is 10.9 Å². The summed E-state index contributed by atoms with van der Waals surface area (Å²) in [4.78, 5) is 0. The first-order valence-electron chi connectivity index (χ1n) is 6.38. The van der Waals surface area contributed by atoms with Crippen molar-refractivity contribution < 1.29 is 41.5 Å². The summed E-state index contributed by atoms with van der Waals surface area (Å²) in [6.45, 7) is 2.71. The van der Waals surface area contributed by atoms with Crippen molar-refractivity contribution in [2.75, 3.05) is 39.6 Å². The Balaban J connectivity index is -0.000000260. The normalized spacial score (nSPS) is 11.3. The van der Waals surface area contributed by atoms with Crippen LogP contribution >= 0.6 is 28.5 Å². The molecule has 0 atom stereocenters. The van der Waals surface area contributed by atoms with Crippen molar-refractivity contribution in [1.29, 1.82) is 0 Å². The Morgan fingerprint density at radius 1 is 0.619 bits per heavy atom. The molecule has 0 aromatic carbocycles. The summed E-state index contributed by atoms with van der Waals surface area (Å²) in [5.74, 6) is 0. The minimum atomic E-state index is -0.667. The zero-order valence-electron chi connectivity index (χ0n) is 12.4. The third-order valence-electron chi connectivity index (χ3n) is 3.51. The fourth-order valence-corrected chi connectivity index (χ4v) is 0.971. The van der Waals surface area contributed by atoms with Crippen LogP contribution in [0.25, 0.3) is 0 Å². The molecule has 0 saturated carbocycles. The summed E-state index contributed by atoms with van der Waals surface area (Å²) in [6, 6.07) is 0. The monoisotopic (exact) mass is 484 g/mol. The van der Waals surface area contributed by atoms with Gasteiger partial charge in [-0.3, -0.25) is 0 Å². The molecule has 0 bridgehead atoms. The predicted octanol–water partition coefficient (Wildman–Crippen LogP) is 0.408. The van der Waals surface area contributed by atoms with Crippen LogP contribution in [0.1, 0.15) is 26.7 Å². The molecule has 136 valence electrons. The van der Waals surface area contributed by atoms with Gasteiger partial charge in [-0.1, -0.05) is 13.8 Å². The molecule has 0 heterocycles. The number of aliphatic hydroxyl groups excluding tert-OH is 6. The number of halogens is 2. The van der Waals surface area contributed by atoms with E-state index < -0.39 is 10.8 Å². The molecule has 0 radical (unpaired) electrons. The van der Waals surface area contributed by atoms with E-state index >= 15 is 0 Å². The van der Waals surface area contributed by atoms with Crippen molar-refractivity contribution in [3.63, 3.8) is 0 Å². The van der Waals surface area contributed by atoms with E-state index in [1.165, 1.54) is 10.9 Å². The molecule has 0 saturated heterocycles. The maximum absolute atomic E-state index is 8.66. The quantitative estimate of drug-likeness (QED) is 0.276. The molecular formula is C12H28Br2NiO6. The SMILES string of the molecule is CCC(CO)(CO)CO.CCC(CO)(CO)CO.[Br][Ni][Br]. The van der Waals surface area contributed by atoms with E-state index in [0.717, 1.165) is 0 Å². The van der Waals surface area contributed by atoms with E-state index in [0.29, 0.717) is 12.8 Å². The second kappa shape index (κ2) is 17.6. The molecule has 0 amide bonds. The van der Waals surface area contributed by atoms with E-state index in [9.17, 15) is 0 Å². The van der Waals surface area contributed by atoms with Gasteiger partial charge in [0.15, 0.2) is 0 Å². The molecular weight excluding hydrogens is 459 g/mol. The van der Waals surface area contributed by atoms with Crippen LogP contribution in [0.15, 0.2) is 0 Å². The molecule has 6 N–H and O–H groups in total. The van der Waals surface area contributed by atoms with Gasteiger partial charge >= 0.3 is 39.3 Å². The Bertz CT molecular complexity index is 149. The fraction of sp³-hybridized carbons (Fsp3) is 1.00. The summed E-state index contributed by atoms with van der Waals surface area (Å²) < 4.78 is 0. The molecule has 0 aliphatic heterocycles. The van der Waals surface area contributed by atoms with Gasteiger partial charge in [0.05, 0.1) is 39.6 Å². The summed E-state index contributed by atoms with van der Waals surface area (Å²) in [7, 11) is 1.25. The number of aliphatic hydroxyl groups is 6. The Hall–Kier alpha value is 1.21. The van der Waals surface area contributed by atoms with Crippen LogP contribution < -0.4 is 0 Å². The van der Waals surface area contributed by atoms with Crippen molar-refractivity contribution in [2.45, 2.75) is 26.7 Å². The first kappa shape index (κ1) is 27.1. The van der Waals surface area contributed by atoms with Gasteiger partial charge in [0.2, 0.25) is 0 Å². The average Bonchev–Trinajstić information content (AvgIpc) is 2.54. The van der Waals surface area contributed by atoms with E-state index in [-0.39, 0.29) is 39.6 Å². The summed E-state index contributed by atoms with van der Waals surface area (Å²) in [6.07, 6.45) is 1.19.